The first-order chi connectivity index (χ1) is 12.5. The van der Waals surface area contributed by atoms with Gasteiger partial charge in [-0.3, -0.25) is 4.79 Å². The van der Waals surface area contributed by atoms with Crippen molar-refractivity contribution in [2.75, 3.05) is 19.8 Å². The zero-order valence-electron chi connectivity index (χ0n) is 13.4. The fourth-order valence-electron chi connectivity index (χ4n) is 2.31. The summed E-state index contributed by atoms with van der Waals surface area (Å²) >= 11 is 5.70. The minimum Gasteiger partial charge on any atom is -0.490 e. The minimum atomic E-state index is -1.24. The molecule has 0 bridgehead atoms. The summed E-state index contributed by atoms with van der Waals surface area (Å²) in [6, 6.07) is 5.91. The van der Waals surface area contributed by atoms with Crippen molar-refractivity contribution in [1.29, 1.82) is 0 Å². The van der Waals surface area contributed by atoms with Crippen LogP contribution >= 0.6 is 11.6 Å². The van der Waals surface area contributed by atoms with E-state index in [1.165, 1.54) is 12.1 Å². The first-order valence-corrected chi connectivity index (χ1v) is 8.08. The number of benzene rings is 2. The van der Waals surface area contributed by atoms with Gasteiger partial charge >= 0.3 is 5.97 Å². The summed E-state index contributed by atoms with van der Waals surface area (Å²) in [5.74, 6) is -2.98. The Hall–Kier alpha value is -2.67. The maximum absolute atomic E-state index is 13.2. The molecule has 0 radical (unpaired) electrons. The lowest BCUT2D eigenvalue weighted by molar-refractivity contribution is 0.0474. The predicted molar refractivity (Wildman–Crippen MR) is 88.0 cm³/mol. The molecule has 0 spiro atoms. The number of ketones is 1. The fraction of sp³-hybridized carbons (Fsp3) is 0.222. The van der Waals surface area contributed by atoms with Crippen LogP contribution in [0.1, 0.15) is 27.1 Å². The Labute approximate surface area is 152 Å². The molecule has 0 unspecified atom stereocenters. The lowest BCUT2D eigenvalue weighted by Gasteiger charge is -2.09. The highest BCUT2D eigenvalue weighted by molar-refractivity contribution is 6.33. The third-order valence-electron chi connectivity index (χ3n) is 3.63. The number of hydrogen-bond donors (Lipinski definition) is 0. The highest BCUT2D eigenvalue weighted by Gasteiger charge is 2.19. The van der Waals surface area contributed by atoms with E-state index in [0.29, 0.717) is 36.8 Å². The van der Waals surface area contributed by atoms with Crippen molar-refractivity contribution in [3.05, 3.63) is 58.1 Å². The summed E-state index contributed by atoms with van der Waals surface area (Å²) in [7, 11) is 0. The molecule has 0 amide bonds. The molecule has 0 saturated carbocycles. The number of carbonyl (C=O) groups excluding carboxylic acids is 2. The van der Waals surface area contributed by atoms with E-state index in [2.05, 4.69) is 0 Å². The van der Waals surface area contributed by atoms with Gasteiger partial charge in [0, 0.05) is 12.0 Å². The Morgan fingerprint density at radius 1 is 1.04 bits per heavy atom. The van der Waals surface area contributed by atoms with Crippen molar-refractivity contribution in [3.8, 4) is 11.5 Å². The molecule has 136 valence electrons. The number of esters is 1. The van der Waals surface area contributed by atoms with Crippen LogP contribution in [-0.2, 0) is 4.74 Å². The molecule has 8 heteroatoms. The van der Waals surface area contributed by atoms with E-state index >= 15 is 0 Å². The zero-order valence-corrected chi connectivity index (χ0v) is 14.1. The first kappa shape index (κ1) is 18.1. The SMILES string of the molecule is O=C(COC(=O)c1cc(F)c(F)cc1Cl)c1ccc2c(c1)OCCCO2. The van der Waals surface area contributed by atoms with Gasteiger partial charge in [-0.15, -0.1) is 0 Å². The van der Waals surface area contributed by atoms with Crippen LogP contribution in [0, 0.1) is 11.6 Å². The van der Waals surface area contributed by atoms with Crippen molar-refractivity contribution in [2.45, 2.75) is 6.42 Å². The van der Waals surface area contributed by atoms with Crippen molar-refractivity contribution < 1.29 is 32.6 Å². The van der Waals surface area contributed by atoms with Crippen LogP contribution in [0.25, 0.3) is 0 Å². The zero-order chi connectivity index (χ0) is 18.7. The summed E-state index contributed by atoms with van der Waals surface area (Å²) in [4.78, 5) is 24.2. The van der Waals surface area contributed by atoms with Gasteiger partial charge in [-0.2, -0.15) is 0 Å². The summed E-state index contributed by atoms with van der Waals surface area (Å²) in [5.41, 5.74) is -0.101. The van der Waals surface area contributed by atoms with E-state index in [1.807, 2.05) is 0 Å². The molecule has 2 aromatic rings. The standard InChI is InChI=1S/C18H13ClF2O5/c19-12-8-14(21)13(20)7-11(12)18(23)26-9-15(22)10-2-3-16-17(6-10)25-5-1-4-24-16/h2-3,6-8H,1,4-5,9H2. The van der Waals surface area contributed by atoms with Crippen molar-refractivity contribution >= 4 is 23.4 Å². The molecule has 3 rings (SSSR count). The lowest BCUT2D eigenvalue weighted by Crippen LogP contribution is -2.15. The van der Waals surface area contributed by atoms with Crippen LogP contribution in [0.5, 0.6) is 11.5 Å². The molecule has 5 nitrogen and oxygen atoms in total. The van der Waals surface area contributed by atoms with Gasteiger partial charge in [0.05, 0.1) is 23.8 Å². The number of Topliss-reactive ketones (excluding diaryl/α,β-unsaturated/α-hetero) is 1. The molecule has 0 saturated heterocycles. The fourth-order valence-corrected chi connectivity index (χ4v) is 2.54. The molecular formula is C18H13ClF2O5. The third kappa shape index (κ3) is 3.94. The van der Waals surface area contributed by atoms with E-state index < -0.39 is 30.0 Å². The molecule has 0 aliphatic carbocycles. The number of hydrogen-bond acceptors (Lipinski definition) is 5. The van der Waals surface area contributed by atoms with Crippen LogP contribution < -0.4 is 9.47 Å². The van der Waals surface area contributed by atoms with Gasteiger partial charge < -0.3 is 14.2 Å². The lowest BCUT2D eigenvalue weighted by atomic mass is 10.1. The Bertz CT molecular complexity index is 869. The Balaban J connectivity index is 1.68. The number of halogens is 3. The summed E-state index contributed by atoms with van der Waals surface area (Å²) < 4.78 is 42.1. The second-order valence-electron chi connectivity index (χ2n) is 5.46. The topological polar surface area (TPSA) is 61.8 Å². The summed E-state index contributed by atoms with van der Waals surface area (Å²) in [5, 5.41) is -0.308. The van der Waals surface area contributed by atoms with Crippen LogP contribution in [0.3, 0.4) is 0 Å². The highest BCUT2D eigenvalue weighted by atomic mass is 35.5. The number of carbonyl (C=O) groups is 2. The largest absolute Gasteiger partial charge is 0.490 e. The Kier molecular flexibility index (Phi) is 5.37. The molecule has 1 aliphatic heterocycles. The second-order valence-corrected chi connectivity index (χ2v) is 5.86. The van der Waals surface area contributed by atoms with Crippen molar-refractivity contribution in [1.82, 2.24) is 0 Å². The van der Waals surface area contributed by atoms with Gasteiger partial charge in [0.15, 0.2) is 35.5 Å². The molecule has 0 atom stereocenters. The quantitative estimate of drug-likeness (QED) is 0.457. The Morgan fingerprint density at radius 2 is 1.73 bits per heavy atom. The van der Waals surface area contributed by atoms with Crippen molar-refractivity contribution in [3.63, 3.8) is 0 Å². The van der Waals surface area contributed by atoms with Gasteiger partial charge in [-0.1, -0.05) is 11.6 Å². The van der Waals surface area contributed by atoms with Crippen LogP contribution in [-0.4, -0.2) is 31.6 Å². The first-order valence-electron chi connectivity index (χ1n) is 7.70. The Morgan fingerprint density at radius 3 is 2.50 bits per heavy atom. The van der Waals surface area contributed by atoms with Crippen LogP contribution in [0.15, 0.2) is 30.3 Å². The van der Waals surface area contributed by atoms with Crippen LogP contribution in [0.4, 0.5) is 8.78 Å². The molecule has 0 fully saturated rings. The number of rotatable bonds is 4. The van der Waals surface area contributed by atoms with E-state index in [4.69, 9.17) is 25.8 Å². The van der Waals surface area contributed by atoms with E-state index in [9.17, 15) is 18.4 Å². The minimum absolute atomic E-state index is 0.262. The van der Waals surface area contributed by atoms with E-state index in [-0.39, 0.29) is 16.1 Å². The summed E-state index contributed by atoms with van der Waals surface area (Å²) in [6.45, 7) is 0.398. The van der Waals surface area contributed by atoms with Gasteiger partial charge in [-0.05, 0) is 30.3 Å². The van der Waals surface area contributed by atoms with Gasteiger partial charge in [0.25, 0.3) is 0 Å². The average molecular weight is 383 g/mol. The number of fused-ring (bicyclic) bond motifs is 1. The maximum atomic E-state index is 13.2. The monoisotopic (exact) mass is 382 g/mol. The molecule has 1 aliphatic rings. The normalized spacial score (nSPS) is 13.0. The van der Waals surface area contributed by atoms with E-state index in [0.717, 1.165) is 6.42 Å². The summed E-state index contributed by atoms with van der Waals surface area (Å²) in [6.07, 6.45) is 0.727. The van der Waals surface area contributed by atoms with E-state index in [1.54, 1.807) is 6.07 Å². The van der Waals surface area contributed by atoms with Crippen molar-refractivity contribution in [2.24, 2.45) is 0 Å². The highest BCUT2D eigenvalue weighted by Crippen LogP contribution is 2.30. The third-order valence-corrected chi connectivity index (χ3v) is 3.95. The van der Waals surface area contributed by atoms with Crippen LogP contribution in [0.2, 0.25) is 5.02 Å². The van der Waals surface area contributed by atoms with Gasteiger partial charge in [-0.25, -0.2) is 13.6 Å². The van der Waals surface area contributed by atoms with Gasteiger partial charge in [0.1, 0.15) is 0 Å². The number of ether oxygens (including phenoxy) is 3. The predicted octanol–water partition coefficient (Wildman–Crippen LogP) is 3.82. The smallest absolute Gasteiger partial charge is 0.340 e. The molecule has 1 heterocycles. The average Bonchev–Trinajstić information content (AvgIpc) is 2.87. The molecular weight excluding hydrogens is 370 g/mol. The second kappa shape index (κ2) is 7.70. The van der Waals surface area contributed by atoms with Gasteiger partial charge in [0.2, 0.25) is 0 Å². The molecule has 26 heavy (non-hydrogen) atoms. The maximum Gasteiger partial charge on any atom is 0.340 e. The molecule has 2 aromatic carbocycles. The molecule has 0 aromatic heterocycles. The molecule has 0 N–H and O–H groups in total.